The standard InChI is InChI=1S/C17H20N2OS/c1-11(2)16-15(10-20)21-17(18-16)19-8-4-5-13-9-12(3)6-7-14(13)19/h6-7,9-11H,4-5,8H2,1-3H3. The van der Waals surface area contributed by atoms with Gasteiger partial charge in [-0.2, -0.15) is 0 Å². The van der Waals surface area contributed by atoms with Gasteiger partial charge in [-0.1, -0.05) is 42.9 Å². The number of aldehydes is 1. The van der Waals surface area contributed by atoms with E-state index in [4.69, 9.17) is 4.98 Å². The summed E-state index contributed by atoms with van der Waals surface area (Å²) in [6, 6.07) is 6.59. The molecule has 1 aromatic heterocycles. The first-order valence-electron chi connectivity index (χ1n) is 7.43. The fourth-order valence-corrected chi connectivity index (χ4v) is 3.94. The van der Waals surface area contributed by atoms with Crippen LogP contribution in [0.25, 0.3) is 0 Å². The average Bonchev–Trinajstić information content (AvgIpc) is 2.90. The second kappa shape index (κ2) is 5.60. The van der Waals surface area contributed by atoms with Crippen molar-refractivity contribution >= 4 is 28.4 Å². The van der Waals surface area contributed by atoms with E-state index in [0.717, 1.165) is 41.4 Å². The number of rotatable bonds is 3. The van der Waals surface area contributed by atoms with Crippen LogP contribution in [-0.2, 0) is 6.42 Å². The first-order chi connectivity index (χ1) is 10.1. The highest BCUT2D eigenvalue weighted by molar-refractivity contribution is 7.17. The molecular formula is C17H20N2OS. The van der Waals surface area contributed by atoms with Crippen molar-refractivity contribution in [3.63, 3.8) is 0 Å². The molecule has 0 unspecified atom stereocenters. The predicted octanol–water partition coefficient (Wildman–Crippen LogP) is 4.47. The van der Waals surface area contributed by atoms with Crippen molar-refractivity contribution in [2.45, 2.75) is 39.5 Å². The molecule has 1 aliphatic heterocycles. The van der Waals surface area contributed by atoms with Gasteiger partial charge in [-0.3, -0.25) is 4.79 Å². The number of benzene rings is 1. The highest BCUT2D eigenvalue weighted by Gasteiger charge is 2.23. The molecule has 0 saturated carbocycles. The summed E-state index contributed by atoms with van der Waals surface area (Å²) < 4.78 is 0. The molecule has 0 spiro atoms. The van der Waals surface area contributed by atoms with Gasteiger partial charge in [0, 0.05) is 12.2 Å². The van der Waals surface area contributed by atoms with E-state index in [9.17, 15) is 4.79 Å². The summed E-state index contributed by atoms with van der Waals surface area (Å²) in [5.74, 6) is 0.275. The highest BCUT2D eigenvalue weighted by Crippen LogP contribution is 2.38. The summed E-state index contributed by atoms with van der Waals surface area (Å²) in [7, 11) is 0. The molecule has 0 fully saturated rings. The molecule has 0 bridgehead atoms. The Morgan fingerprint density at radius 3 is 2.86 bits per heavy atom. The molecule has 1 aromatic carbocycles. The van der Waals surface area contributed by atoms with Crippen molar-refractivity contribution in [3.8, 4) is 0 Å². The Labute approximate surface area is 129 Å². The second-order valence-corrected chi connectivity index (χ2v) is 6.91. The van der Waals surface area contributed by atoms with Gasteiger partial charge in [0.1, 0.15) is 0 Å². The molecule has 1 aliphatic rings. The molecule has 0 radical (unpaired) electrons. The minimum Gasteiger partial charge on any atom is -0.318 e. The van der Waals surface area contributed by atoms with Gasteiger partial charge in [0.15, 0.2) is 11.4 Å². The van der Waals surface area contributed by atoms with Crippen LogP contribution in [-0.4, -0.2) is 17.8 Å². The Kier molecular flexibility index (Phi) is 3.81. The lowest BCUT2D eigenvalue weighted by molar-refractivity contribution is 0.112. The van der Waals surface area contributed by atoms with Crippen molar-refractivity contribution in [1.29, 1.82) is 0 Å². The molecule has 0 N–H and O–H groups in total. The van der Waals surface area contributed by atoms with Crippen molar-refractivity contribution in [3.05, 3.63) is 39.9 Å². The number of aryl methyl sites for hydroxylation is 2. The van der Waals surface area contributed by atoms with E-state index in [-0.39, 0.29) is 5.92 Å². The number of aromatic nitrogens is 1. The second-order valence-electron chi connectivity index (χ2n) is 5.91. The fraction of sp³-hybridized carbons (Fsp3) is 0.412. The largest absolute Gasteiger partial charge is 0.318 e. The Bertz CT molecular complexity index is 675. The molecule has 0 atom stereocenters. The summed E-state index contributed by atoms with van der Waals surface area (Å²) in [5.41, 5.74) is 4.85. The third-order valence-electron chi connectivity index (χ3n) is 3.91. The smallest absolute Gasteiger partial charge is 0.190 e. The monoisotopic (exact) mass is 300 g/mol. The van der Waals surface area contributed by atoms with Crippen LogP contribution in [0, 0.1) is 6.92 Å². The van der Waals surface area contributed by atoms with Crippen molar-refractivity contribution in [2.75, 3.05) is 11.4 Å². The van der Waals surface area contributed by atoms with Crippen LogP contribution in [0.1, 0.15) is 52.7 Å². The maximum atomic E-state index is 11.3. The summed E-state index contributed by atoms with van der Waals surface area (Å²) >= 11 is 1.51. The average molecular weight is 300 g/mol. The van der Waals surface area contributed by atoms with Gasteiger partial charge in [0.25, 0.3) is 0 Å². The van der Waals surface area contributed by atoms with Gasteiger partial charge < -0.3 is 4.90 Å². The maximum Gasteiger partial charge on any atom is 0.190 e. The number of nitrogens with zero attached hydrogens (tertiary/aromatic N) is 2. The molecule has 4 heteroatoms. The first kappa shape index (κ1) is 14.3. The molecule has 110 valence electrons. The highest BCUT2D eigenvalue weighted by atomic mass is 32.1. The van der Waals surface area contributed by atoms with Crippen LogP contribution in [0.2, 0.25) is 0 Å². The molecule has 0 aliphatic carbocycles. The number of hydrogen-bond donors (Lipinski definition) is 0. The molecule has 2 heterocycles. The van der Waals surface area contributed by atoms with Crippen molar-refractivity contribution in [2.24, 2.45) is 0 Å². The zero-order valence-electron chi connectivity index (χ0n) is 12.7. The van der Waals surface area contributed by atoms with E-state index < -0.39 is 0 Å². The van der Waals surface area contributed by atoms with E-state index in [1.807, 2.05) is 0 Å². The summed E-state index contributed by atoms with van der Waals surface area (Å²) in [5, 5.41) is 0.950. The summed E-state index contributed by atoms with van der Waals surface area (Å²) in [6.45, 7) is 7.27. The van der Waals surface area contributed by atoms with E-state index in [1.54, 1.807) is 0 Å². The van der Waals surface area contributed by atoms with Crippen LogP contribution in [0.15, 0.2) is 18.2 Å². The van der Waals surface area contributed by atoms with Crippen molar-refractivity contribution in [1.82, 2.24) is 4.98 Å². The third kappa shape index (κ3) is 2.60. The zero-order valence-corrected chi connectivity index (χ0v) is 13.5. The van der Waals surface area contributed by atoms with Crippen molar-refractivity contribution < 1.29 is 4.79 Å². The molecule has 2 aromatic rings. The van der Waals surface area contributed by atoms with Gasteiger partial charge in [0.05, 0.1) is 10.6 Å². The molecule has 0 saturated heterocycles. The molecule has 0 amide bonds. The Morgan fingerprint density at radius 2 is 2.19 bits per heavy atom. The quantitative estimate of drug-likeness (QED) is 0.784. The normalized spacial score (nSPS) is 14.4. The molecular weight excluding hydrogens is 280 g/mol. The summed E-state index contributed by atoms with van der Waals surface area (Å²) in [4.78, 5) is 19.0. The molecule has 21 heavy (non-hydrogen) atoms. The van der Waals surface area contributed by atoms with Gasteiger partial charge in [-0.05, 0) is 37.3 Å². The van der Waals surface area contributed by atoms with Crippen LogP contribution in [0.5, 0.6) is 0 Å². The van der Waals surface area contributed by atoms with Gasteiger partial charge >= 0.3 is 0 Å². The number of fused-ring (bicyclic) bond motifs is 1. The fourth-order valence-electron chi connectivity index (χ4n) is 2.87. The first-order valence-corrected chi connectivity index (χ1v) is 8.24. The predicted molar refractivity (Wildman–Crippen MR) is 88.1 cm³/mol. The van der Waals surface area contributed by atoms with E-state index in [0.29, 0.717) is 0 Å². The number of hydrogen-bond acceptors (Lipinski definition) is 4. The lowest BCUT2D eigenvalue weighted by Crippen LogP contribution is -2.24. The van der Waals surface area contributed by atoms with Crippen LogP contribution >= 0.6 is 11.3 Å². The molecule has 3 nitrogen and oxygen atoms in total. The number of thiazole rings is 1. The van der Waals surface area contributed by atoms with Gasteiger partial charge in [-0.15, -0.1) is 0 Å². The summed E-state index contributed by atoms with van der Waals surface area (Å²) in [6.07, 6.45) is 3.19. The SMILES string of the molecule is Cc1ccc2c(c1)CCCN2c1nc(C(C)C)c(C=O)s1. The lowest BCUT2D eigenvalue weighted by Gasteiger charge is -2.29. The zero-order chi connectivity index (χ0) is 15.0. The Balaban J connectivity index is 2.05. The van der Waals surface area contributed by atoms with Crippen LogP contribution < -0.4 is 4.90 Å². The minimum absolute atomic E-state index is 0.275. The number of carbonyl (C=O) groups excluding carboxylic acids is 1. The lowest BCUT2D eigenvalue weighted by atomic mass is 10.00. The van der Waals surface area contributed by atoms with E-state index in [1.165, 1.54) is 28.2 Å². The number of anilines is 2. The topological polar surface area (TPSA) is 33.2 Å². The minimum atomic E-state index is 0.275. The van der Waals surface area contributed by atoms with Gasteiger partial charge in [-0.25, -0.2) is 4.98 Å². The maximum absolute atomic E-state index is 11.3. The Hall–Kier alpha value is -1.68. The van der Waals surface area contributed by atoms with Crippen LogP contribution in [0.4, 0.5) is 10.8 Å². The Morgan fingerprint density at radius 1 is 1.38 bits per heavy atom. The number of carbonyl (C=O) groups is 1. The third-order valence-corrected chi connectivity index (χ3v) is 4.93. The van der Waals surface area contributed by atoms with Crippen LogP contribution in [0.3, 0.4) is 0 Å². The molecule has 3 rings (SSSR count). The van der Waals surface area contributed by atoms with E-state index >= 15 is 0 Å². The van der Waals surface area contributed by atoms with E-state index in [2.05, 4.69) is 43.9 Å². The van der Waals surface area contributed by atoms with Gasteiger partial charge in [0.2, 0.25) is 0 Å².